The summed E-state index contributed by atoms with van der Waals surface area (Å²) in [5.41, 5.74) is 1.98. The van der Waals surface area contributed by atoms with Gasteiger partial charge in [0, 0.05) is 29.1 Å². The third-order valence-corrected chi connectivity index (χ3v) is 4.76. The lowest BCUT2D eigenvalue weighted by atomic mass is 10.0. The Hall–Kier alpha value is -3.68. The topological polar surface area (TPSA) is 99.4 Å². The van der Waals surface area contributed by atoms with Crippen molar-refractivity contribution in [3.8, 4) is 22.9 Å². The van der Waals surface area contributed by atoms with E-state index < -0.39 is 6.04 Å². The summed E-state index contributed by atoms with van der Waals surface area (Å²) >= 11 is 0. The van der Waals surface area contributed by atoms with E-state index in [1.165, 1.54) is 7.11 Å². The van der Waals surface area contributed by atoms with Crippen molar-refractivity contribution in [2.75, 3.05) is 14.2 Å². The molecule has 3 aromatic rings. The molecule has 2 heterocycles. The number of hydrogen-bond acceptors (Lipinski definition) is 7. The van der Waals surface area contributed by atoms with Crippen LogP contribution in [0.1, 0.15) is 41.7 Å². The molecule has 0 radical (unpaired) electrons. The molecular formula is C23H26N4O4. The zero-order valence-electron chi connectivity index (χ0n) is 18.1. The van der Waals surface area contributed by atoms with E-state index in [9.17, 15) is 4.79 Å². The van der Waals surface area contributed by atoms with Crippen molar-refractivity contribution in [1.29, 1.82) is 0 Å². The number of rotatable bonds is 9. The molecule has 0 spiro atoms. The number of nitrogens with zero attached hydrogens (tertiary/aromatic N) is 3. The van der Waals surface area contributed by atoms with Crippen LogP contribution in [0.4, 0.5) is 0 Å². The third kappa shape index (κ3) is 4.91. The Morgan fingerprint density at radius 1 is 1.29 bits per heavy atom. The van der Waals surface area contributed by atoms with Crippen LogP contribution in [-0.4, -0.2) is 35.3 Å². The lowest BCUT2D eigenvalue weighted by molar-refractivity contribution is 0.0913. The molecule has 0 bridgehead atoms. The Morgan fingerprint density at radius 3 is 2.71 bits per heavy atom. The van der Waals surface area contributed by atoms with Crippen LogP contribution in [0.5, 0.6) is 11.5 Å². The van der Waals surface area contributed by atoms with E-state index in [0.717, 1.165) is 11.1 Å². The van der Waals surface area contributed by atoms with Gasteiger partial charge in [-0.2, -0.15) is 4.98 Å². The van der Waals surface area contributed by atoms with Gasteiger partial charge < -0.3 is 19.3 Å². The van der Waals surface area contributed by atoms with Crippen LogP contribution in [0.2, 0.25) is 0 Å². The first-order chi connectivity index (χ1) is 15.0. The number of carbonyl (C=O) groups excluding carboxylic acids is 1. The fraction of sp³-hybridized carbons (Fsp3) is 0.304. The minimum absolute atomic E-state index is 0.0129. The number of amides is 1. The molecule has 0 aliphatic heterocycles. The zero-order chi connectivity index (χ0) is 22.4. The van der Waals surface area contributed by atoms with Gasteiger partial charge in [0.15, 0.2) is 11.5 Å². The van der Waals surface area contributed by atoms with Gasteiger partial charge in [0.1, 0.15) is 6.04 Å². The molecule has 3 rings (SSSR count). The summed E-state index contributed by atoms with van der Waals surface area (Å²) in [4.78, 5) is 21.6. The van der Waals surface area contributed by atoms with Crippen LogP contribution >= 0.6 is 0 Å². The number of nitrogens with one attached hydrogen (secondary N) is 1. The molecule has 162 valence electrons. The molecule has 8 nitrogen and oxygen atoms in total. The Kier molecular flexibility index (Phi) is 7.02. The molecule has 1 atom stereocenters. The number of allylic oxidation sites excluding steroid dienone is 1. The average Bonchev–Trinajstić information content (AvgIpc) is 3.27. The number of aromatic nitrogens is 3. The average molecular weight is 422 g/mol. The molecule has 0 saturated heterocycles. The second-order valence-electron chi connectivity index (χ2n) is 7.26. The van der Waals surface area contributed by atoms with E-state index in [1.54, 1.807) is 43.8 Å². The first-order valence-electron chi connectivity index (χ1n) is 9.89. The number of hydrogen-bond donors (Lipinski definition) is 1. The highest BCUT2D eigenvalue weighted by Gasteiger charge is 2.26. The number of carbonyl (C=O) groups is 1. The second-order valence-corrected chi connectivity index (χ2v) is 7.26. The monoisotopic (exact) mass is 422 g/mol. The summed E-state index contributed by atoms with van der Waals surface area (Å²) in [6.07, 6.45) is 5.61. The third-order valence-electron chi connectivity index (χ3n) is 4.76. The highest BCUT2D eigenvalue weighted by Crippen LogP contribution is 2.33. The zero-order valence-corrected chi connectivity index (χ0v) is 18.1. The Balaban J connectivity index is 1.89. The maximum absolute atomic E-state index is 13.1. The van der Waals surface area contributed by atoms with Crippen LogP contribution < -0.4 is 14.8 Å². The van der Waals surface area contributed by atoms with E-state index in [-0.39, 0.29) is 11.8 Å². The van der Waals surface area contributed by atoms with Crippen molar-refractivity contribution in [3.63, 3.8) is 0 Å². The largest absolute Gasteiger partial charge is 0.493 e. The summed E-state index contributed by atoms with van der Waals surface area (Å²) in [6.45, 7) is 7.71. The van der Waals surface area contributed by atoms with Crippen molar-refractivity contribution >= 4 is 5.91 Å². The molecule has 0 aliphatic carbocycles. The van der Waals surface area contributed by atoms with E-state index in [2.05, 4.69) is 27.0 Å². The first-order valence-corrected chi connectivity index (χ1v) is 9.89. The van der Waals surface area contributed by atoms with Gasteiger partial charge in [-0.25, -0.2) is 0 Å². The highest BCUT2D eigenvalue weighted by atomic mass is 16.5. The Labute approximate surface area is 181 Å². The summed E-state index contributed by atoms with van der Waals surface area (Å²) < 4.78 is 16.3. The number of pyridine rings is 1. The summed E-state index contributed by atoms with van der Waals surface area (Å²) in [5, 5.41) is 7.03. The fourth-order valence-electron chi connectivity index (χ4n) is 3.19. The van der Waals surface area contributed by atoms with Crippen molar-refractivity contribution in [2.24, 2.45) is 5.92 Å². The Bertz CT molecular complexity index is 1050. The number of ether oxygens (including phenoxy) is 2. The smallest absolute Gasteiger partial charge is 0.252 e. The molecule has 0 saturated carbocycles. The maximum Gasteiger partial charge on any atom is 0.252 e. The van der Waals surface area contributed by atoms with Gasteiger partial charge in [-0.3, -0.25) is 9.78 Å². The number of benzene rings is 1. The molecule has 1 N–H and O–H groups in total. The molecule has 8 heteroatoms. The van der Waals surface area contributed by atoms with Gasteiger partial charge in [0.25, 0.3) is 5.91 Å². The maximum atomic E-state index is 13.1. The summed E-state index contributed by atoms with van der Waals surface area (Å²) in [6, 6.07) is 6.58. The minimum Gasteiger partial charge on any atom is -0.493 e. The normalized spacial score (nSPS) is 11.8. The van der Waals surface area contributed by atoms with Gasteiger partial charge in [-0.1, -0.05) is 25.1 Å². The lowest BCUT2D eigenvalue weighted by Gasteiger charge is -2.20. The molecule has 2 aromatic heterocycles. The predicted octanol–water partition coefficient (Wildman–Crippen LogP) is 4.00. The molecule has 1 unspecified atom stereocenters. The molecule has 31 heavy (non-hydrogen) atoms. The van der Waals surface area contributed by atoms with Gasteiger partial charge in [-0.05, 0) is 36.6 Å². The van der Waals surface area contributed by atoms with Crippen LogP contribution in [0.15, 0.2) is 53.8 Å². The number of methoxy groups -OCH3 is 2. The van der Waals surface area contributed by atoms with E-state index in [0.29, 0.717) is 35.2 Å². The Morgan fingerprint density at radius 2 is 2.10 bits per heavy atom. The van der Waals surface area contributed by atoms with Gasteiger partial charge >= 0.3 is 0 Å². The van der Waals surface area contributed by atoms with Crippen molar-refractivity contribution < 1.29 is 18.8 Å². The van der Waals surface area contributed by atoms with E-state index in [1.807, 2.05) is 19.9 Å². The predicted molar refractivity (Wildman–Crippen MR) is 116 cm³/mol. The molecule has 1 amide bonds. The quantitative estimate of drug-likeness (QED) is 0.520. The SMILES string of the molecule is C=CCc1cc(C(=O)NC(c2nc(-c3cccnc3)no2)C(C)C)cc(OC)c1OC. The van der Waals surface area contributed by atoms with Crippen LogP contribution in [0, 0.1) is 5.92 Å². The van der Waals surface area contributed by atoms with Gasteiger partial charge in [0.05, 0.1) is 14.2 Å². The summed E-state index contributed by atoms with van der Waals surface area (Å²) in [7, 11) is 3.10. The van der Waals surface area contributed by atoms with E-state index in [4.69, 9.17) is 14.0 Å². The van der Waals surface area contributed by atoms with Crippen LogP contribution in [-0.2, 0) is 6.42 Å². The molecule has 0 fully saturated rings. The van der Waals surface area contributed by atoms with Crippen molar-refractivity contribution in [3.05, 3.63) is 66.3 Å². The molecular weight excluding hydrogens is 396 g/mol. The molecule has 0 aliphatic rings. The van der Waals surface area contributed by atoms with Crippen molar-refractivity contribution in [2.45, 2.75) is 26.3 Å². The van der Waals surface area contributed by atoms with E-state index >= 15 is 0 Å². The summed E-state index contributed by atoms with van der Waals surface area (Å²) in [5.74, 6) is 1.53. The standard InChI is InChI=1S/C23H26N4O4/c1-6-8-15-11-17(12-18(29-4)20(15)30-5)22(28)25-19(14(2)3)23-26-21(27-31-23)16-9-7-10-24-13-16/h6-7,9-14,19H,1,8H2,2-5H3,(H,25,28). The van der Waals surface area contributed by atoms with Crippen molar-refractivity contribution in [1.82, 2.24) is 20.4 Å². The fourth-order valence-corrected chi connectivity index (χ4v) is 3.19. The van der Waals surface area contributed by atoms with Gasteiger partial charge in [-0.15, -0.1) is 6.58 Å². The molecule has 1 aromatic carbocycles. The first kappa shape index (κ1) is 22.0. The van der Waals surface area contributed by atoms with Crippen LogP contribution in [0.3, 0.4) is 0 Å². The second kappa shape index (κ2) is 9.88. The van der Waals surface area contributed by atoms with Crippen LogP contribution in [0.25, 0.3) is 11.4 Å². The minimum atomic E-state index is -0.471. The lowest BCUT2D eigenvalue weighted by Crippen LogP contribution is -2.32. The van der Waals surface area contributed by atoms with Gasteiger partial charge in [0.2, 0.25) is 11.7 Å². The highest BCUT2D eigenvalue weighted by molar-refractivity contribution is 5.95.